The lowest BCUT2D eigenvalue weighted by atomic mass is 9.95. The molecule has 0 bridgehead atoms. The molecule has 2 atom stereocenters. The number of rotatable bonds is 8. The van der Waals surface area contributed by atoms with Crippen LogP contribution in [0.25, 0.3) is 22.3 Å². The fraction of sp³-hybridized carbons (Fsp3) is 0.0690. The third-order valence-electron chi connectivity index (χ3n) is 6.70. The number of aromatic nitrogens is 2. The van der Waals surface area contributed by atoms with Gasteiger partial charge in [-0.25, -0.2) is 15.4 Å². The molecular formula is C29H26N6O7. The zero-order valence-electron chi connectivity index (χ0n) is 22.4. The van der Waals surface area contributed by atoms with E-state index >= 15 is 0 Å². The second-order valence-corrected chi connectivity index (χ2v) is 9.25. The molecule has 6 N–H and O–H groups in total. The quantitative estimate of drug-likeness (QED) is 0.0925. The van der Waals surface area contributed by atoms with Gasteiger partial charge in [0.05, 0.1) is 24.1 Å². The van der Waals surface area contributed by atoms with Crippen molar-refractivity contribution in [3.8, 4) is 17.1 Å². The number of ether oxygens (including phenoxy) is 1. The number of methoxy groups -OCH3 is 1. The molecule has 0 aliphatic rings. The summed E-state index contributed by atoms with van der Waals surface area (Å²) in [6.07, 6.45) is 0. The van der Waals surface area contributed by atoms with Crippen molar-refractivity contribution in [2.75, 3.05) is 12.5 Å². The van der Waals surface area contributed by atoms with Crippen molar-refractivity contribution in [1.29, 1.82) is 0 Å². The van der Waals surface area contributed by atoms with Crippen LogP contribution in [-0.2, 0) is 0 Å². The summed E-state index contributed by atoms with van der Waals surface area (Å²) >= 11 is 0. The third kappa shape index (κ3) is 5.29. The normalized spacial score (nSPS) is 13.1. The molecule has 0 fully saturated rings. The van der Waals surface area contributed by atoms with Crippen LogP contribution in [-0.4, -0.2) is 38.1 Å². The Morgan fingerprint density at radius 2 is 1.71 bits per heavy atom. The summed E-state index contributed by atoms with van der Waals surface area (Å²) in [6, 6.07) is 22.3. The Morgan fingerprint density at radius 3 is 2.40 bits per heavy atom. The fourth-order valence-corrected chi connectivity index (χ4v) is 4.67. The number of fused-ring (bicyclic) bond motifs is 1. The topological polar surface area (TPSA) is 184 Å². The number of oxime groups is 1. The van der Waals surface area contributed by atoms with Gasteiger partial charge in [0, 0.05) is 22.8 Å². The number of benzene rings is 4. The average molecular weight is 571 g/mol. The number of hydrogen-bond acceptors (Lipinski definition) is 10. The smallest absolute Gasteiger partial charge is 0.280 e. The number of para-hydroxylation sites is 1. The molecule has 42 heavy (non-hydrogen) atoms. The lowest BCUT2D eigenvalue weighted by molar-refractivity contribution is -0.996. The summed E-state index contributed by atoms with van der Waals surface area (Å²) in [5.74, 6) is 0.751. The molecule has 0 amide bonds. The molecule has 0 aliphatic heterocycles. The maximum Gasteiger partial charge on any atom is 0.280 e. The van der Waals surface area contributed by atoms with Crippen LogP contribution in [0.3, 0.4) is 0 Å². The first kappa shape index (κ1) is 28.4. The Bertz CT molecular complexity index is 1870. The van der Waals surface area contributed by atoms with E-state index in [0.717, 1.165) is 16.3 Å². The molecular weight excluding hydrogens is 544 g/mol. The Hall–Kier alpha value is -5.15. The molecule has 1 heterocycles. The first-order valence-corrected chi connectivity index (χ1v) is 12.6. The van der Waals surface area contributed by atoms with Crippen molar-refractivity contribution in [3.63, 3.8) is 0 Å². The molecule has 214 valence electrons. The van der Waals surface area contributed by atoms with Gasteiger partial charge in [-0.15, -0.1) is 0 Å². The van der Waals surface area contributed by atoms with Crippen LogP contribution < -0.4 is 26.2 Å². The van der Waals surface area contributed by atoms with E-state index in [4.69, 9.17) is 9.72 Å². The molecule has 1 aromatic heterocycles. The number of nitrogens with zero attached hydrogens (tertiary/aromatic N) is 3. The fourth-order valence-electron chi connectivity index (χ4n) is 4.67. The first-order valence-electron chi connectivity index (χ1n) is 12.6. The second-order valence-electron chi connectivity index (χ2n) is 9.25. The number of aryl methyl sites for hydroxylation is 1. The second kappa shape index (κ2) is 11.8. The monoisotopic (exact) mass is 570 g/mol. The van der Waals surface area contributed by atoms with Crippen LogP contribution in [0, 0.1) is 17.3 Å². The van der Waals surface area contributed by atoms with Crippen molar-refractivity contribution in [1.82, 2.24) is 9.66 Å². The molecule has 0 aliphatic carbocycles. The maximum atomic E-state index is 13.8. The summed E-state index contributed by atoms with van der Waals surface area (Å²) in [5, 5.41) is 54.0. The van der Waals surface area contributed by atoms with E-state index in [1.807, 2.05) is 6.92 Å². The first-order chi connectivity index (χ1) is 20.2. The highest BCUT2D eigenvalue weighted by Gasteiger charge is 2.22. The molecule has 13 nitrogen and oxygen atoms in total. The summed E-state index contributed by atoms with van der Waals surface area (Å²) in [5.41, 5.74) is 4.47. The van der Waals surface area contributed by atoms with E-state index in [2.05, 4.69) is 10.6 Å². The predicted molar refractivity (Wildman–Crippen MR) is 154 cm³/mol. The lowest BCUT2D eigenvalue weighted by Crippen LogP contribution is -3.00. The largest absolute Gasteiger partial charge is 0.595 e. The zero-order valence-corrected chi connectivity index (χ0v) is 22.4. The van der Waals surface area contributed by atoms with Crippen LogP contribution in [0.15, 0.2) is 94.9 Å². The van der Waals surface area contributed by atoms with Crippen LogP contribution in [0.4, 0.5) is 17.1 Å². The average Bonchev–Trinajstić information content (AvgIpc) is 2.99. The van der Waals surface area contributed by atoms with Crippen molar-refractivity contribution < 1.29 is 30.8 Å². The lowest BCUT2D eigenvalue weighted by Gasteiger charge is -2.22. The van der Waals surface area contributed by atoms with Gasteiger partial charge in [0.25, 0.3) is 5.56 Å². The minimum absolute atomic E-state index is 0.0350. The van der Waals surface area contributed by atoms with Crippen molar-refractivity contribution in [3.05, 3.63) is 122 Å². The van der Waals surface area contributed by atoms with Gasteiger partial charge in [0.15, 0.2) is 17.2 Å². The van der Waals surface area contributed by atoms with Crippen LogP contribution in [0.5, 0.6) is 5.75 Å². The molecule has 0 spiro atoms. The van der Waals surface area contributed by atoms with Gasteiger partial charge in [-0.3, -0.25) is 10.2 Å². The summed E-state index contributed by atoms with van der Waals surface area (Å²) < 4.78 is 6.45. The minimum atomic E-state index is -1.39. The highest BCUT2D eigenvalue weighted by Crippen LogP contribution is 2.29. The van der Waals surface area contributed by atoms with Crippen molar-refractivity contribution in [2.45, 2.75) is 6.92 Å². The Balaban J connectivity index is 1.74. The van der Waals surface area contributed by atoms with Gasteiger partial charge in [0.2, 0.25) is 0 Å². The van der Waals surface area contributed by atoms with Crippen LogP contribution >= 0.6 is 0 Å². The highest BCUT2D eigenvalue weighted by molar-refractivity contribution is 6.16. The Morgan fingerprint density at radius 1 is 0.976 bits per heavy atom. The van der Waals surface area contributed by atoms with E-state index in [9.17, 15) is 30.8 Å². The number of hydrogen-bond donors (Lipinski definition) is 6. The van der Waals surface area contributed by atoms with Crippen molar-refractivity contribution >= 4 is 33.7 Å². The summed E-state index contributed by atoms with van der Waals surface area (Å²) in [6.45, 7) is 1.85. The van der Waals surface area contributed by atoms with Gasteiger partial charge in [-0.1, -0.05) is 41.6 Å². The molecule has 5 aromatic rings. The highest BCUT2D eigenvalue weighted by atomic mass is 16.8. The van der Waals surface area contributed by atoms with Gasteiger partial charge >= 0.3 is 0 Å². The summed E-state index contributed by atoms with van der Waals surface area (Å²) in [4.78, 5) is 18.6. The predicted octanol–water partition coefficient (Wildman–Crippen LogP) is 2.29. The zero-order chi connectivity index (χ0) is 30.0. The molecule has 13 heteroatoms. The molecule has 0 radical (unpaired) electrons. The van der Waals surface area contributed by atoms with E-state index in [1.165, 1.54) is 12.1 Å². The van der Waals surface area contributed by atoms with Gasteiger partial charge in [0.1, 0.15) is 17.1 Å². The Kier molecular flexibility index (Phi) is 7.95. The van der Waals surface area contributed by atoms with Crippen molar-refractivity contribution in [2.24, 2.45) is 5.16 Å². The van der Waals surface area contributed by atoms with Crippen LogP contribution in [0.1, 0.15) is 16.7 Å². The third-order valence-corrected chi connectivity index (χ3v) is 6.70. The van der Waals surface area contributed by atoms with Gasteiger partial charge < -0.3 is 20.4 Å². The van der Waals surface area contributed by atoms with E-state index in [0.29, 0.717) is 28.0 Å². The van der Waals surface area contributed by atoms with E-state index < -0.39 is 16.0 Å². The SMILES string of the molecule is COc1ccc(/C(=N\O)c2ccccc2-c2nc3ccccc3c(=O)n2Nc2ccc([NH+]([O-])O)cc2[NH+]([O-])O)cc1C. The molecule has 2 unspecified atom stereocenters. The number of quaternary nitrogens is 2. The van der Waals surface area contributed by atoms with Gasteiger partial charge in [-0.2, -0.15) is 15.1 Å². The van der Waals surface area contributed by atoms with Crippen LogP contribution in [0.2, 0.25) is 0 Å². The molecule has 0 saturated heterocycles. The number of nitrogens with one attached hydrogen (secondary N) is 3. The maximum absolute atomic E-state index is 13.8. The standard InChI is InChI=1S/C29H26N6O7/c1-17-15-18(11-14-26(17)42-2)27(32-37)20-7-3-4-8-21(20)28-30-23-10-6-5-9-22(23)29(36)33(28)31-24-13-12-19(34(38)39)16-25(24)35(40)41/h3-16,31,34-35,37-38,40H,1-2H3/b32-27+. The molecule has 5 rings (SSSR count). The van der Waals surface area contributed by atoms with Gasteiger partial charge in [-0.05, 0) is 48.9 Å². The van der Waals surface area contributed by atoms with E-state index in [-0.39, 0.29) is 34.0 Å². The summed E-state index contributed by atoms with van der Waals surface area (Å²) in [7, 11) is 1.56. The molecule has 0 saturated carbocycles. The minimum Gasteiger partial charge on any atom is -0.595 e. The molecule has 4 aromatic carbocycles. The van der Waals surface area contributed by atoms with E-state index in [1.54, 1.807) is 73.8 Å². The number of anilines is 1. The Labute approximate surface area is 238 Å².